The molecule has 1 heterocycles. The third-order valence-electron chi connectivity index (χ3n) is 5.14. The molecule has 1 aliphatic heterocycles. The van der Waals surface area contributed by atoms with Crippen molar-refractivity contribution in [3.63, 3.8) is 0 Å². The number of carbonyl (C=O) groups excluding carboxylic acids is 2. The summed E-state index contributed by atoms with van der Waals surface area (Å²) in [5, 5.41) is 0. The maximum Gasteiger partial charge on any atom is 0.336 e. The summed E-state index contributed by atoms with van der Waals surface area (Å²) in [5.74, 6) is -0.858. The fourth-order valence-corrected chi connectivity index (χ4v) is 5.10. The van der Waals surface area contributed by atoms with Crippen molar-refractivity contribution in [2.24, 2.45) is 0 Å². The number of amides is 2. The Morgan fingerprint density at radius 1 is 0.844 bits per heavy atom. The summed E-state index contributed by atoms with van der Waals surface area (Å²) in [5.41, 5.74) is 1.77. The highest BCUT2D eigenvalue weighted by molar-refractivity contribution is 7.54. The quantitative estimate of drug-likeness (QED) is 0.218. The van der Waals surface area contributed by atoms with Crippen LogP contribution in [0, 0.1) is 0 Å². The molecule has 2 aromatic carbocycles. The zero-order chi connectivity index (χ0) is 23.0. The minimum atomic E-state index is -3.59. The number of hydrogen-bond donors (Lipinski definition) is 0. The Kier molecular flexibility index (Phi) is 8.57. The van der Waals surface area contributed by atoms with E-state index in [2.05, 4.69) is 0 Å². The SMILES string of the molecule is CCCCOP(=O)(C/C(=C/c1ccccc1)N1C(=O)c2ccccc2C1=O)OCCCC. The maximum atomic E-state index is 13.7. The number of fused-ring (bicyclic) bond motifs is 1. The number of imide groups is 1. The van der Waals surface area contributed by atoms with E-state index in [1.807, 2.05) is 44.2 Å². The van der Waals surface area contributed by atoms with E-state index in [0.717, 1.165) is 36.1 Å². The highest BCUT2D eigenvalue weighted by atomic mass is 31.2. The molecule has 2 aromatic rings. The van der Waals surface area contributed by atoms with Crippen LogP contribution in [-0.4, -0.2) is 36.1 Å². The predicted octanol–water partition coefficient (Wildman–Crippen LogP) is 6.15. The molecule has 0 bridgehead atoms. The van der Waals surface area contributed by atoms with Crippen molar-refractivity contribution in [3.05, 3.63) is 77.0 Å². The van der Waals surface area contributed by atoms with Crippen LogP contribution in [0.5, 0.6) is 0 Å². The Morgan fingerprint density at radius 2 is 1.34 bits per heavy atom. The van der Waals surface area contributed by atoms with Crippen molar-refractivity contribution >= 4 is 25.5 Å². The van der Waals surface area contributed by atoms with Crippen molar-refractivity contribution in [1.29, 1.82) is 0 Å². The number of hydrogen-bond acceptors (Lipinski definition) is 5. The van der Waals surface area contributed by atoms with Crippen LogP contribution in [0.3, 0.4) is 0 Å². The topological polar surface area (TPSA) is 72.9 Å². The van der Waals surface area contributed by atoms with Crippen molar-refractivity contribution in [1.82, 2.24) is 4.90 Å². The number of nitrogens with zero attached hydrogens (tertiary/aromatic N) is 1. The molecule has 0 spiro atoms. The molecule has 3 rings (SSSR count). The Morgan fingerprint density at radius 3 is 1.84 bits per heavy atom. The largest absolute Gasteiger partial charge is 0.336 e. The van der Waals surface area contributed by atoms with Gasteiger partial charge in [-0.1, -0.05) is 69.2 Å². The van der Waals surface area contributed by atoms with E-state index in [9.17, 15) is 14.2 Å². The number of allylic oxidation sites excluding steroid dienone is 1. The molecule has 0 atom stereocenters. The van der Waals surface area contributed by atoms with Crippen LogP contribution >= 0.6 is 7.60 Å². The molecule has 6 nitrogen and oxygen atoms in total. The molecule has 0 fully saturated rings. The number of carbonyl (C=O) groups is 2. The molecule has 0 aromatic heterocycles. The predicted molar refractivity (Wildman–Crippen MR) is 126 cm³/mol. The Labute approximate surface area is 189 Å². The van der Waals surface area contributed by atoms with Gasteiger partial charge in [-0.2, -0.15) is 0 Å². The minimum absolute atomic E-state index is 0.166. The average Bonchev–Trinajstić information content (AvgIpc) is 3.05. The molecule has 170 valence electrons. The highest BCUT2D eigenvalue weighted by Gasteiger charge is 2.40. The van der Waals surface area contributed by atoms with E-state index >= 15 is 0 Å². The lowest BCUT2D eigenvalue weighted by molar-refractivity contribution is 0.0705. The van der Waals surface area contributed by atoms with Gasteiger partial charge in [-0.05, 0) is 36.6 Å². The van der Waals surface area contributed by atoms with E-state index in [1.54, 1.807) is 30.3 Å². The van der Waals surface area contributed by atoms with E-state index in [0.29, 0.717) is 30.0 Å². The van der Waals surface area contributed by atoms with Gasteiger partial charge in [0.1, 0.15) is 0 Å². The molecule has 0 N–H and O–H groups in total. The van der Waals surface area contributed by atoms with Crippen LogP contribution < -0.4 is 0 Å². The Balaban J connectivity index is 1.97. The lowest BCUT2D eigenvalue weighted by Crippen LogP contribution is -2.31. The van der Waals surface area contributed by atoms with Crippen LogP contribution in [0.15, 0.2) is 60.3 Å². The van der Waals surface area contributed by atoms with Gasteiger partial charge < -0.3 is 9.05 Å². The summed E-state index contributed by atoms with van der Waals surface area (Å²) in [6, 6.07) is 16.0. The third kappa shape index (κ3) is 5.83. The first-order valence-electron chi connectivity index (χ1n) is 11.1. The third-order valence-corrected chi connectivity index (χ3v) is 7.00. The zero-order valence-electron chi connectivity index (χ0n) is 18.7. The molecule has 2 amide bonds. The van der Waals surface area contributed by atoms with Gasteiger partial charge in [-0.15, -0.1) is 0 Å². The molecule has 0 saturated heterocycles. The molecular formula is C25H30NO5P. The fraction of sp³-hybridized carbons (Fsp3) is 0.360. The molecule has 0 saturated carbocycles. The summed E-state index contributed by atoms with van der Waals surface area (Å²) < 4.78 is 25.1. The summed E-state index contributed by atoms with van der Waals surface area (Å²) in [6.07, 6.45) is 4.80. The molecule has 0 aliphatic carbocycles. The van der Waals surface area contributed by atoms with Crippen LogP contribution in [0.1, 0.15) is 65.8 Å². The normalized spacial score (nSPS) is 14.2. The van der Waals surface area contributed by atoms with Gasteiger partial charge >= 0.3 is 7.60 Å². The van der Waals surface area contributed by atoms with Crippen molar-refractivity contribution < 1.29 is 23.2 Å². The summed E-state index contributed by atoms with van der Waals surface area (Å²) in [7, 11) is -3.59. The first-order chi connectivity index (χ1) is 15.5. The smallest absolute Gasteiger partial charge is 0.308 e. The molecule has 0 radical (unpaired) electrons. The second kappa shape index (κ2) is 11.4. The van der Waals surface area contributed by atoms with Gasteiger partial charge in [0, 0.05) is 5.70 Å². The molecule has 1 aliphatic rings. The molecule has 7 heteroatoms. The monoisotopic (exact) mass is 455 g/mol. The minimum Gasteiger partial charge on any atom is -0.308 e. The zero-order valence-corrected chi connectivity index (χ0v) is 19.6. The summed E-state index contributed by atoms with van der Waals surface area (Å²) in [6.45, 7) is 4.62. The summed E-state index contributed by atoms with van der Waals surface area (Å²) >= 11 is 0. The van der Waals surface area contributed by atoms with Gasteiger partial charge in [0.15, 0.2) is 0 Å². The lowest BCUT2D eigenvalue weighted by Gasteiger charge is -2.24. The van der Waals surface area contributed by atoms with Crippen LogP contribution in [0.4, 0.5) is 0 Å². The highest BCUT2D eigenvalue weighted by Crippen LogP contribution is 2.51. The van der Waals surface area contributed by atoms with E-state index in [-0.39, 0.29) is 6.16 Å². The van der Waals surface area contributed by atoms with Crippen LogP contribution in [-0.2, 0) is 13.6 Å². The maximum absolute atomic E-state index is 13.7. The van der Waals surface area contributed by atoms with Crippen LogP contribution in [0.25, 0.3) is 6.08 Å². The number of rotatable bonds is 12. The van der Waals surface area contributed by atoms with Crippen molar-refractivity contribution in [2.45, 2.75) is 39.5 Å². The number of benzene rings is 2. The second-order valence-corrected chi connectivity index (χ2v) is 9.73. The summed E-state index contributed by atoms with van der Waals surface area (Å²) in [4.78, 5) is 27.4. The van der Waals surface area contributed by atoms with E-state index in [1.165, 1.54) is 0 Å². The standard InChI is InChI=1S/C25H30NO5P/c1-3-5-16-30-32(29,31-17-6-4-2)19-21(18-20-12-8-7-9-13-20)26-24(27)22-14-10-11-15-23(22)25(26)28/h7-15,18H,3-6,16-17,19H2,1-2H3/b21-18-. The lowest BCUT2D eigenvalue weighted by atomic mass is 10.1. The Hall–Kier alpha value is -2.53. The van der Waals surface area contributed by atoms with Crippen molar-refractivity contribution in [2.75, 3.05) is 19.4 Å². The van der Waals surface area contributed by atoms with Gasteiger partial charge in [-0.3, -0.25) is 14.2 Å². The first kappa shape index (κ1) is 24.1. The van der Waals surface area contributed by atoms with Gasteiger partial charge in [0.05, 0.1) is 30.5 Å². The van der Waals surface area contributed by atoms with E-state index < -0.39 is 19.4 Å². The van der Waals surface area contributed by atoms with Crippen molar-refractivity contribution in [3.8, 4) is 0 Å². The molecule has 0 unspecified atom stereocenters. The number of unbranched alkanes of at least 4 members (excludes halogenated alkanes) is 2. The van der Waals surface area contributed by atoms with E-state index in [4.69, 9.17) is 9.05 Å². The van der Waals surface area contributed by atoms with Gasteiger partial charge in [-0.25, -0.2) is 4.90 Å². The van der Waals surface area contributed by atoms with Crippen LogP contribution in [0.2, 0.25) is 0 Å². The van der Waals surface area contributed by atoms with Gasteiger partial charge in [0.25, 0.3) is 11.8 Å². The van der Waals surface area contributed by atoms with Gasteiger partial charge in [0.2, 0.25) is 0 Å². The fourth-order valence-electron chi connectivity index (χ4n) is 3.40. The Bertz CT molecular complexity index is 969. The first-order valence-corrected chi connectivity index (χ1v) is 12.8. The average molecular weight is 455 g/mol. The molecule has 32 heavy (non-hydrogen) atoms. The second-order valence-electron chi connectivity index (χ2n) is 7.68. The molecular weight excluding hydrogens is 425 g/mol.